The van der Waals surface area contributed by atoms with E-state index in [0.717, 1.165) is 18.4 Å². The molecule has 0 spiro atoms. The lowest BCUT2D eigenvalue weighted by molar-refractivity contribution is -0.130. The number of amides is 2. The average molecular weight is 606 g/mol. The van der Waals surface area contributed by atoms with E-state index in [0.29, 0.717) is 17.9 Å². The zero-order valence-corrected chi connectivity index (χ0v) is 27.6. The van der Waals surface area contributed by atoms with Gasteiger partial charge in [0.05, 0.1) is 10.7 Å². The van der Waals surface area contributed by atoms with Gasteiger partial charge >= 0.3 is 0 Å². The molecule has 0 aliphatic rings. The standard InChI is InChI=1S/C33H46Cl2N2O4/c1-11-25(41-26-17-14-20(32(7,8)12-2)18-22(26)33(9,10)13-3)29(39)36-21-15-16-23(34)24(19-21)37-30(40)27(35)28(38)31(4,5)6/h14-19,25,27H,11-13H2,1-10H3,(H,36,39)(H,37,40). The predicted molar refractivity (Wildman–Crippen MR) is 171 cm³/mol. The maximum Gasteiger partial charge on any atom is 0.265 e. The largest absolute Gasteiger partial charge is 0.480 e. The first-order valence-corrected chi connectivity index (χ1v) is 15.1. The van der Waals surface area contributed by atoms with E-state index in [4.69, 9.17) is 27.9 Å². The number of hydrogen-bond acceptors (Lipinski definition) is 4. The number of Topliss-reactive ketones (excluding diaryl/α,β-unsaturated/α-hetero) is 1. The third-order valence-corrected chi connectivity index (χ3v) is 8.61. The second-order valence-electron chi connectivity index (χ2n) is 12.9. The normalized spacial score (nSPS) is 13.8. The van der Waals surface area contributed by atoms with Crippen molar-refractivity contribution < 1.29 is 19.1 Å². The molecule has 8 heteroatoms. The van der Waals surface area contributed by atoms with Gasteiger partial charge < -0.3 is 15.4 Å². The first-order valence-electron chi connectivity index (χ1n) is 14.3. The minimum absolute atomic E-state index is 0.0177. The third kappa shape index (κ3) is 8.71. The Hall–Kier alpha value is -2.57. The monoisotopic (exact) mass is 604 g/mol. The molecular weight excluding hydrogens is 559 g/mol. The third-order valence-electron chi connectivity index (χ3n) is 7.88. The maximum atomic E-state index is 13.4. The van der Waals surface area contributed by atoms with Crippen molar-refractivity contribution in [1.82, 2.24) is 0 Å². The summed E-state index contributed by atoms with van der Waals surface area (Å²) >= 11 is 12.4. The van der Waals surface area contributed by atoms with Gasteiger partial charge in [0.2, 0.25) is 5.91 Å². The maximum absolute atomic E-state index is 13.4. The molecule has 2 unspecified atom stereocenters. The van der Waals surface area contributed by atoms with Gasteiger partial charge in [0.15, 0.2) is 17.3 Å². The molecule has 0 fully saturated rings. The van der Waals surface area contributed by atoms with Crippen molar-refractivity contribution in [1.29, 1.82) is 0 Å². The molecule has 2 atom stereocenters. The van der Waals surface area contributed by atoms with Crippen LogP contribution < -0.4 is 15.4 Å². The number of nitrogens with one attached hydrogen (secondary N) is 2. The van der Waals surface area contributed by atoms with Gasteiger partial charge in [-0.2, -0.15) is 0 Å². The average Bonchev–Trinajstić information content (AvgIpc) is 2.91. The predicted octanol–water partition coefficient (Wildman–Crippen LogP) is 8.67. The molecule has 2 aromatic carbocycles. The summed E-state index contributed by atoms with van der Waals surface area (Å²) in [7, 11) is 0. The van der Waals surface area contributed by atoms with Gasteiger partial charge in [0.1, 0.15) is 5.75 Å². The highest BCUT2D eigenvalue weighted by atomic mass is 35.5. The Bertz CT molecular complexity index is 1260. The second-order valence-corrected chi connectivity index (χ2v) is 13.7. The molecule has 2 aromatic rings. The summed E-state index contributed by atoms with van der Waals surface area (Å²) in [6.07, 6.45) is 1.60. The van der Waals surface area contributed by atoms with Crippen molar-refractivity contribution in [2.45, 2.75) is 111 Å². The fraction of sp³-hybridized carbons (Fsp3) is 0.545. The number of ether oxygens (including phenoxy) is 1. The van der Waals surface area contributed by atoms with Crippen molar-refractivity contribution in [2.24, 2.45) is 5.41 Å². The fourth-order valence-electron chi connectivity index (χ4n) is 4.07. The van der Waals surface area contributed by atoms with Gasteiger partial charge in [0, 0.05) is 16.7 Å². The summed E-state index contributed by atoms with van der Waals surface area (Å²) in [5, 5.41) is 4.35. The van der Waals surface area contributed by atoms with Crippen molar-refractivity contribution >= 4 is 52.2 Å². The molecule has 0 radical (unpaired) electrons. The molecule has 41 heavy (non-hydrogen) atoms. The number of hydrogen-bond donors (Lipinski definition) is 2. The zero-order valence-electron chi connectivity index (χ0n) is 26.1. The number of alkyl halides is 1. The van der Waals surface area contributed by atoms with Crippen LogP contribution in [0.3, 0.4) is 0 Å². The highest BCUT2D eigenvalue weighted by Gasteiger charge is 2.33. The van der Waals surface area contributed by atoms with E-state index in [1.165, 1.54) is 11.6 Å². The van der Waals surface area contributed by atoms with Crippen molar-refractivity contribution in [3.05, 3.63) is 52.5 Å². The van der Waals surface area contributed by atoms with Gasteiger partial charge in [-0.15, -0.1) is 11.6 Å². The summed E-state index contributed by atoms with van der Waals surface area (Å²) in [5.74, 6) is -0.733. The Kier molecular flexibility index (Phi) is 11.5. The van der Waals surface area contributed by atoms with Crippen LogP contribution in [-0.4, -0.2) is 29.1 Å². The van der Waals surface area contributed by atoms with Crippen LogP contribution >= 0.6 is 23.2 Å². The van der Waals surface area contributed by atoms with Crippen LogP contribution in [0.2, 0.25) is 5.02 Å². The molecule has 0 saturated carbocycles. The van der Waals surface area contributed by atoms with Crippen LogP contribution in [-0.2, 0) is 25.2 Å². The number of carbonyl (C=O) groups excluding carboxylic acids is 3. The van der Waals surface area contributed by atoms with Gasteiger partial charge in [-0.25, -0.2) is 0 Å². The molecule has 0 bridgehead atoms. The van der Waals surface area contributed by atoms with Crippen LogP contribution in [0.4, 0.5) is 11.4 Å². The Labute approximate surface area is 255 Å². The number of benzene rings is 2. The van der Waals surface area contributed by atoms with Crippen LogP contribution in [0.1, 0.15) is 99.6 Å². The summed E-state index contributed by atoms with van der Waals surface area (Å²) in [4.78, 5) is 38.5. The van der Waals surface area contributed by atoms with Gasteiger partial charge in [-0.05, 0) is 59.9 Å². The van der Waals surface area contributed by atoms with Crippen LogP contribution in [0, 0.1) is 5.41 Å². The number of halogens is 2. The summed E-state index contributed by atoms with van der Waals surface area (Å²) in [6, 6.07) is 11.0. The van der Waals surface area contributed by atoms with Gasteiger partial charge in [-0.3, -0.25) is 14.4 Å². The SMILES string of the molecule is CCC(Oc1ccc(C(C)(C)CC)cc1C(C)(C)CC)C(=O)Nc1ccc(Cl)c(NC(=O)C(Cl)C(=O)C(C)(C)C)c1. The summed E-state index contributed by atoms with van der Waals surface area (Å²) < 4.78 is 6.36. The van der Waals surface area contributed by atoms with Crippen LogP contribution in [0.15, 0.2) is 36.4 Å². The van der Waals surface area contributed by atoms with E-state index in [9.17, 15) is 14.4 Å². The van der Waals surface area contributed by atoms with Crippen molar-refractivity contribution in [3.8, 4) is 5.75 Å². The fourth-order valence-corrected chi connectivity index (χ4v) is 4.62. The van der Waals surface area contributed by atoms with E-state index in [2.05, 4.69) is 64.3 Å². The Balaban J connectivity index is 2.29. The Morgan fingerprint density at radius 2 is 1.44 bits per heavy atom. The quantitative estimate of drug-likeness (QED) is 0.187. The smallest absolute Gasteiger partial charge is 0.265 e. The van der Waals surface area contributed by atoms with Crippen molar-refractivity contribution in [2.75, 3.05) is 10.6 Å². The minimum atomic E-state index is -1.38. The number of rotatable bonds is 12. The molecule has 0 aliphatic heterocycles. The molecule has 0 saturated heterocycles. The zero-order chi connectivity index (χ0) is 31.3. The molecule has 0 aromatic heterocycles. The number of ketones is 1. The van der Waals surface area contributed by atoms with Crippen LogP contribution in [0.25, 0.3) is 0 Å². The van der Waals surface area contributed by atoms with Gasteiger partial charge in [-0.1, -0.05) is 93.0 Å². The van der Waals surface area contributed by atoms with Crippen LogP contribution in [0.5, 0.6) is 5.75 Å². The van der Waals surface area contributed by atoms with E-state index in [1.54, 1.807) is 32.9 Å². The topological polar surface area (TPSA) is 84.5 Å². The van der Waals surface area contributed by atoms with E-state index in [-0.39, 0.29) is 27.4 Å². The van der Waals surface area contributed by atoms with E-state index in [1.807, 2.05) is 13.0 Å². The molecule has 0 heterocycles. The Morgan fingerprint density at radius 1 is 0.829 bits per heavy atom. The van der Waals surface area contributed by atoms with E-state index >= 15 is 0 Å². The highest BCUT2D eigenvalue weighted by molar-refractivity contribution is 6.44. The molecule has 2 rings (SSSR count). The number of anilines is 2. The number of carbonyl (C=O) groups is 3. The summed E-state index contributed by atoms with van der Waals surface area (Å²) in [5.41, 5.74) is 2.04. The Morgan fingerprint density at radius 3 is 1.98 bits per heavy atom. The lowest BCUT2D eigenvalue weighted by Crippen LogP contribution is -2.37. The summed E-state index contributed by atoms with van der Waals surface area (Å²) in [6.45, 7) is 20.1. The van der Waals surface area contributed by atoms with Gasteiger partial charge in [0.25, 0.3) is 5.91 Å². The highest BCUT2D eigenvalue weighted by Crippen LogP contribution is 2.39. The lowest BCUT2D eigenvalue weighted by atomic mass is 9.76. The second kappa shape index (κ2) is 13.6. The lowest BCUT2D eigenvalue weighted by Gasteiger charge is -2.31. The first kappa shape index (κ1) is 34.6. The molecule has 2 N–H and O–H groups in total. The van der Waals surface area contributed by atoms with Crippen molar-refractivity contribution in [3.63, 3.8) is 0 Å². The molecule has 226 valence electrons. The molecule has 6 nitrogen and oxygen atoms in total. The molecular formula is C33H46Cl2N2O4. The molecule has 2 amide bonds. The van der Waals surface area contributed by atoms with E-state index < -0.39 is 28.6 Å². The molecule has 0 aliphatic carbocycles. The minimum Gasteiger partial charge on any atom is -0.480 e. The first-order chi connectivity index (χ1) is 18.9.